The molecule has 0 fully saturated rings. The van der Waals surface area contributed by atoms with Gasteiger partial charge < -0.3 is 10.1 Å². The fourth-order valence-corrected chi connectivity index (χ4v) is 2.76. The number of halogens is 1. The van der Waals surface area contributed by atoms with Crippen molar-refractivity contribution in [2.45, 2.75) is 32.7 Å². The van der Waals surface area contributed by atoms with Gasteiger partial charge in [0.2, 0.25) is 0 Å². The summed E-state index contributed by atoms with van der Waals surface area (Å²) in [5, 5.41) is 3.57. The number of rotatable bonds is 8. The van der Waals surface area contributed by atoms with Gasteiger partial charge in [-0.3, -0.25) is 0 Å². The Morgan fingerprint density at radius 3 is 2.78 bits per heavy atom. The van der Waals surface area contributed by atoms with E-state index in [9.17, 15) is 0 Å². The van der Waals surface area contributed by atoms with Crippen LogP contribution in [0.3, 0.4) is 0 Å². The molecule has 102 valence electrons. The zero-order chi connectivity index (χ0) is 13.4. The van der Waals surface area contributed by atoms with Gasteiger partial charge in [-0.2, -0.15) is 0 Å². The number of hydrogen-bond donors (Lipinski definition) is 1. The molecule has 1 aromatic carbocycles. The molecule has 0 radical (unpaired) electrons. The van der Waals surface area contributed by atoms with E-state index in [0.29, 0.717) is 12.0 Å². The van der Waals surface area contributed by atoms with Gasteiger partial charge in [-0.1, -0.05) is 41.9 Å². The molecule has 0 amide bonds. The van der Waals surface area contributed by atoms with Gasteiger partial charge in [-0.15, -0.1) is 0 Å². The van der Waals surface area contributed by atoms with Crippen LogP contribution in [-0.2, 0) is 11.2 Å². The minimum Gasteiger partial charge on any atom is -0.384 e. The second-order valence-electron chi connectivity index (χ2n) is 4.88. The molecule has 18 heavy (non-hydrogen) atoms. The lowest BCUT2D eigenvalue weighted by Crippen LogP contribution is -2.33. The summed E-state index contributed by atoms with van der Waals surface area (Å²) in [4.78, 5) is 0. The van der Waals surface area contributed by atoms with Crippen LogP contribution in [0.5, 0.6) is 0 Å². The average molecular weight is 314 g/mol. The molecule has 1 aromatic rings. The van der Waals surface area contributed by atoms with Gasteiger partial charge in [-0.25, -0.2) is 0 Å². The van der Waals surface area contributed by atoms with E-state index in [4.69, 9.17) is 4.74 Å². The van der Waals surface area contributed by atoms with Crippen molar-refractivity contribution in [1.29, 1.82) is 0 Å². The summed E-state index contributed by atoms with van der Waals surface area (Å²) >= 11 is 3.53. The number of likely N-dealkylation sites (N-methyl/N-ethyl adjacent to an activating group) is 1. The van der Waals surface area contributed by atoms with Crippen LogP contribution < -0.4 is 5.32 Å². The van der Waals surface area contributed by atoms with Crippen LogP contribution in [0, 0.1) is 5.92 Å². The van der Waals surface area contributed by atoms with Crippen LogP contribution in [0.15, 0.2) is 28.7 Å². The van der Waals surface area contributed by atoms with Gasteiger partial charge in [0.15, 0.2) is 0 Å². The normalized spacial score (nSPS) is 14.4. The summed E-state index contributed by atoms with van der Waals surface area (Å²) in [5.41, 5.74) is 1.37. The second-order valence-corrected chi connectivity index (χ2v) is 5.80. The summed E-state index contributed by atoms with van der Waals surface area (Å²) in [5.74, 6) is 0.589. The molecule has 0 aliphatic heterocycles. The van der Waals surface area contributed by atoms with Gasteiger partial charge in [0.05, 0.1) is 0 Å². The van der Waals surface area contributed by atoms with E-state index in [1.54, 1.807) is 7.11 Å². The van der Waals surface area contributed by atoms with Crippen LogP contribution in [0.2, 0.25) is 0 Å². The number of nitrogens with one attached hydrogen (secondary N) is 1. The van der Waals surface area contributed by atoms with Gasteiger partial charge in [0, 0.05) is 24.2 Å². The molecule has 0 saturated carbocycles. The van der Waals surface area contributed by atoms with Crippen molar-refractivity contribution in [3.05, 3.63) is 34.3 Å². The van der Waals surface area contributed by atoms with Gasteiger partial charge in [-0.05, 0) is 43.0 Å². The first-order valence-corrected chi connectivity index (χ1v) is 7.41. The van der Waals surface area contributed by atoms with Crippen molar-refractivity contribution in [3.63, 3.8) is 0 Å². The molecule has 2 unspecified atom stereocenters. The Labute approximate surface area is 119 Å². The van der Waals surface area contributed by atoms with Crippen LogP contribution in [0.1, 0.15) is 25.8 Å². The Hall–Kier alpha value is -0.380. The molecule has 0 bridgehead atoms. The third-order valence-electron chi connectivity index (χ3n) is 3.00. The molecule has 0 aromatic heterocycles. The highest BCUT2D eigenvalue weighted by Crippen LogP contribution is 2.16. The van der Waals surface area contributed by atoms with Crippen molar-refractivity contribution < 1.29 is 4.74 Å². The van der Waals surface area contributed by atoms with E-state index in [2.05, 4.69) is 59.4 Å². The van der Waals surface area contributed by atoms with Crippen molar-refractivity contribution >= 4 is 15.9 Å². The smallest absolute Gasteiger partial charge is 0.0488 e. The van der Waals surface area contributed by atoms with Crippen molar-refractivity contribution in [2.24, 2.45) is 5.92 Å². The number of ether oxygens (including phenoxy) is 1. The zero-order valence-corrected chi connectivity index (χ0v) is 13.2. The van der Waals surface area contributed by atoms with E-state index in [-0.39, 0.29) is 0 Å². The first-order chi connectivity index (χ1) is 8.65. The maximum atomic E-state index is 5.22. The van der Waals surface area contributed by atoms with E-state index in [1.165, 1.54) is 5.56 Å². The highest BCUT2D eigenvalue weighted by Gasteiger charge is 2.13. The number of benzene rings is 1. The minimum absolute atomic E-state index is 0.523. The van der Waals surface area contributed by atoms with Crippen molar-refractivity contribution in [1.82, 2.24) is 5.32 Å². The fraction of sp³-hybridized carbons (Fsp3) is 0.600. The van der Waals surface area contributed by atoms with E-state index in [1.807, 2.05) is 0 Å². The number of methoxy groups -OCH3 is 1. The molecule has 2 nitrogen and oxygen atoms in total. The fourth-order valence-electron chi connectivity index (χ4n) is 2.31. The van der Waals surface area contributed by atoms with E-state index < -0.39 is 0 Å². The van der Waals surface area contributed by atoms with Crippen LogP contribution in [-0.4, -0.2) is 26.3 Å². The summed E-state index contributed by atoms with van der Waals surface area (Å²) in [6.45, 7) is 6.25. The summed E-state index contributed by atoms with van der Waals surface area (Å²) in [6, 6.07) is 9.08. The lowest BCUT2D eigenvalue weighted by molar-refractivity contribution is 0.149. The first-order valence-electron chi connectivity index (χ1n) is 6.62. The molecule has 0 heterocycles. The lowest BCUT2D eigenvalue weighted by atomic mass is 9.96. The molecule has 1 rings (SSSR count). The monoisotopic (exact) mass is 313 g/mol. The first kappa shape index (κ1) is 15.7. The molecule has 0 aliphatic rings. The Morgan fingerprint density at radius 1 is 1.39 bits per heavy atom. The SMILES string of the molecule is CCNC(Cc1cccc(Br)c1)CC(C)COC. The van der Waals surface area contributed by atoms with Gasteiger partial charge >= 0.3 is 0 Å². The Morgan fingerprint density at radius 2 is 2.17 bits per heavy atom. The van der Waals surface area contributed by atoms with Crippen LogP contribution >= 0.6 is 15.9 Å². The standard InChI is InChI=1S/C15H24BrNO/c1-4-17-15(8-12(2)11-18-3)10-13-6-5-7-14(16)9-13/h5-7,9,12,15,17H,4,8,10-11H2,1-3H3. The quantitative estimate of drug-likeness (QED) is 0.791. The van der Waals surface area contributed by atoms with Crippen LogP contribution in [0.25, 0.3) is 0 Å². The summed E-state index contributed by atoms with van der Waals surface area (Å²) in [6.07, 6.45) is 2.22. The van der Waals surface area contributed by atoms with Crippen molar-refractivity contribution in [2.75, 3.05) is 20.3 Å². The molecule has 0 spiro atoms. The molecule has 0 aliphatic carbocycles. The largest absolute Gasteiger partial charge is 0.384 e. The maximum absolute atomic E-state index is 5.22. The highest BCUT2D eigenvalue weighted by molar-refractivity contribution is 9.10. The minimum atomic E-state index is 0.523. The van der Waals surface area contributed by atoms with E-state index in [0.717, 1.165) is 30.5 Å². The number of hydrogen-bond acceptors (Lipinski definition) is 2. The maximum Gasteiger partial charge on any atom is 0.0488 e. The Kier molecular flexibility index (Phi) is 7.56. The average Bonchev–Trinajstić information content (AvgIpc) is 2.29. The molecule has 2 atom stereocenters. The topological polar surface area (TPSA) is 21.3 Å². The zero-order valence-electron chi connectivity index (χ0n) is 11.6. The van der Waals surface area contributed by atoms with Gasteiger partial charge in [0.25, 0.3) is 0 Å². The molecule has 0 saturated heterocycles. The van der Waals surface area contributed by atoms with E-state index >= 15 is 0 Å². The molecule has 3 heteroatoms. The Bertz CT molecular complexity index is 343. The predicted octanol–water partition coefficient (Wildman–Crippen LogP) is 3.64. The molecular weight excluding hydrogens is 290 g/mol. The lowest BCUT2D eigenvalue weighted by Gasteiger charge is -2.21. The second kappa shape index (κ2) is 8.68. The highest BCUT2D eigenvalue weighted by atomic mass is 79.9. The van der Waals surface area contributed by atoms with Gasteiger partial charge in [0.1, 0.15) is 0 Å². The van der Waals surface area contributed by atoms with Crippen LogP contribution in [0.4, 0.5) is 0 Å². The Balaban J connectivity index is 2.56. The third kappa shape index (κ3) is 5.98. The predicted molar refractivity (Wildman–Crippen MR) is 81.0 cm³/mol. The molecule has 1 N–H and O–H groups in total. The third-order valence-corrected chi connectivity index (χ3v) is 3.50. The summed E-state index contributed by atoms with van der Waals surface area (Å²) in [7, 11) is 1.77. The van der Waals surface area contributed by atoms with Crippen molar-refractivity contribution in [3.8, 4) is 0 Å². The molecular formula is C15H24BrNO. The summed E-state index contributed by atoms with van der Waals surface area (Å²) < 4.78 is 6.37.